The van der Waals surface area contributed by atoms with E-state index in [4.69, 9.17) is 16.3 Å². The summed E-state index contributed by atoms with van der Waals surface area (Å²) in [6.07, 6.45) is 0. The fourth-order valence-electron chi connectivity index (χ4n) is 1.52. The van der Waals surface area contributed by atoms with E-state index < -0.39 is 10.9 Å². The van der Waals surface area contributed by atoms with Gasteiger partial charge in [0.15, 0.2) is 4.70 Å². The van der Waals surface area contributed by atoms with Gasteiger partial charge in [-0.2, -0.15) is 0 Å². The normalized spacial score (nSPS) is 10.6. The molecule has 0 fully saturated rings. The number of rotatable bonds is 3. The summed E-state index contributed by atoms with van der Waals surface area (Å²) in [7, 11) is 0. The Morgan fingerprint density at radius 1 is 1.58 bits per heavy atom. The first-order chi connectivity index (χ1) is 8.95. The molecule has 0 saturated carbocycles. The summed E-state index contributed by atoms with van der Waals surface area (Å²) in [6, 6.07) is 2.41. The van der Waals surface area contributed by atoms with Crippen LogP contribution in [-0.4, -0.2) is 17.5 Å². The molecule has 0 aliphatic rings. The second kappa shape index (κ2) is 4.98. The predicted octanol–water partition coefficient (Wildman–Crippen LogP) is 2.27. The van der Waals surface area contributed by atoms with Gasteiger partial charge < -0.3 is 9.94 Å². The summed E-state index contributed by atoms with van der Waals surface area (Å²) < 4.78 is 5.11. The second-order valence-electron chi connectivity index (χ2n) is 3.45. The third kappa shape index (κ3) is 2.32. The van der Waals surface area contributed by atoms with Gasteiger partial charge in [-0.25, -0.2) is 4.79 Å². The zero-order chi connectivity index (χ0) is 14.2. The van der Waals surface area contributed by atoms with E-state index in [0.29, 0.717) is 16.1 Å². The third-order valence-electron chi connectivity index (χ3n) is 2.26. The van der Waals surface area contributed by atoms with Crippen LogP contribution in [0, 0.1) is 15.3 Å². The van der Waals surface area contributed by atoms with Crippen molar-refractivity contribution in [2.45, 2.75) is 6.92 Å². The number of esters is 1. The Kier molecular flexibility index (Phi) is 3.54. The van der Waals surface area contributed by atoms with Gasteiger partial charge in [-0.05, 0) is 18.3 Å². The molecule has 0 amide bonds. The van der Waals surface area contributed by atoms with Gasteiger partial charge in [0.05, 0.1) is 16.6 Å². The van der Waals surface area contributed by atoms with Gasteiger partial charge in [0, 0.05) is 12.1 Å². The zero-order valence-corrected chi connectivity index (χ0v) is 11.2. The minimum Gasteiger partial charge on any atom is -0.617 e. The van der Waals surface area contributed by atoms with E-state index in [1.54, 1.807) is 6.92 Å². The Morgan fingerprint density at radius 3 is 2.84 bits per heavy atom. The molecule has 7 nitrogen and oxygen atoms in total. The lowest BCUT2D eigenvalue weighted by Crippen LogP contribution is -2.32. The molecule has 1 aromatic carbocycles. The SMILES string of the molecule is CCOC(=O)c1sc2c([N+](=O)[O-])cc(Cl)cc2[n+]1[O-]. The zero-order valence-electron chi connectivity index (χ0n) is 9.58. The van der Waals surface area contributed by atoms with Gasteiger partial charge in [-0.1, -0.05) is 11.6 Å². The predicted molar refractivity (Wildman–Crippen MR) is 68.4 cm³/mol. The molecule has 0 aliphatic carbocycles. The summed E-state index contributed by atoms with van der Waals surface area (Å²) in [6.45, 7) is 1.70. The smallest absolute Gasteiger partial charge is 0.416 e. The minimum absolute atomic E-state index is 0.0211. The maximum Gasteiger partial charge on any atom is 0.416 e. The van der Waals surface area contributed by atoms with Crippen molar-refractivity contribution in [2.24, 2.45) is 0 Å². The van der Waals surface area contributed by atoms with E-state index in [2.05, 4.69) is 0 Å². The first kappa shape index (κ1) is 13.5. The quantitative estimate of drug-likeness (QED) is 0.285. The number of hydrogen-bond donors (Lipinski definition) is 0. The molecule has 19 heavy (non-hydrogen) atoms. The van der Waals surface area contributed by atoms with Crippen molar-refractivity contribution in [2.75, 3.05) is 6.61 Å². The molecule has 0 atom stereocenters. The molecular formula is C10H7ClN2O5S. The van der Waals surface area contributed by atoms with Crippen LogP contribution < -0.4 is 4.73 Å². The molecule has 2 rings (SSSR count). The molecule has 0 unspecified atom stereocenters. The number of carbonyl (C=O) groups excluding carboxylic acids is 1. The van der Waals surface area contributed by atoms with Crippen molar-refractivity contribution in [1.82, 2.24) is 0 Å². The Morgan fingerprint density at radius 2 is 2.26 bits per heavy atom. The Hall–Kier alpha value is -1.93. The van der Waals surface area contributed by atoms with Gasteiger partial charge in [0.25, 0.3) is 5.69 Å². The molecule has 1 aromatic heterocycles. The summed E-state index contributed by atoms with van der Waals surface area (Å²) in [5, 5.41) is 22.6. The summed E-state index contributed by atoms with van der Waals surface area (Å²) in [5.74, 6) is -0.816. The van der Waals surface area contributed by atoms with Gasteiger partial charge >= 0.3 is 11.0 Å². The molecule has 0 radical (unpaired) electrons. The van der Waals surface area contributed by atoms with Crippen molar-refractivity contribution in [3.8, 4) is 0 Å². The van der Waals surface area contributed by atoms with Crippen LogP contribution in [0.5, 0.6) is 0 Å². The molecular weight excluding hydrogens is 296 g/mol. The number of aromatic nitrogens is 1. The molecule has 9 heteroatoms. The first-order valence-corrected chi connectivity index (χ1v) is 6.32. The minimum atomic E-state index is -0.816. The lowest BCUT2D eigenvalue weighted by molar-refractivity contribution is -0.575. The standard InChI is InChI=1S/C10H7ClN2O5S/c1-2-18-10(14)9-12(15)6-3-5(11)4-7(13(16)17)8(6)19-9/h3-4H,2H2,1H3. The maximum absolute atomic E-state index is 11.9. The van der Waals surface area contributed by atoms with E-state index >= 15 is 0 Å². The fourth-order valence-corrected chi connectivity index (χ4v) is 2.73. The number of benzene rings is 1. The summed E-state index contributed by atoms with van der Waals surface area (Å²) in [5.41, 5.74) is -0.333. The number of ether oxygens (including phenoxy) is 1. The highest BCUT2D eigenvalue weighted by Crippen LogP contribution is 2.33. The summed E-state index contributed by atoms with van der Waals surface area (Å²) >= 11 is 6.43. The number of nitro groups is 1. The van der Waals surface area contributed by atoms with Crippen LogP contribution in [0.1, 0.15) is 16.7 Å². The fraction of sp³-hybridized carbons (Fsp3) is 0.200. The number of thiazole rings is 1. The van der Waals surface area contributed by atoms with Crippen molar-refractivity contribution < 1.29 is 19.2 Å². The molecule has 0 bridgehead atoms. The Labute approximate surface area is 115 Å². The average Bonchev–Trinajstić information content (AvgIpc) is 2.66. The third-order valence-corrected chi connectivity index (χ3v) is 3.63. The van der Waals surface area contributed by atoms with Gasteiger partial charge in [0.1, 0.15) is 0 Å². The average molecular weight is 303 g/mol. The second-order valence-corrected chi connectivity index (χ2v) is 4.89. The van der Waals surface area contributed by atoms with Crippen molar-refractivity contribution in [3.63, 3.8) is 0 Å². The number of nitro benzene ring substituents is 1. The van der Waals surface area contributed by atoms with Gasteiger partial charge in [-0.3, -0.25) is 10.1 Å². The lowest BCUT2D eigenvalue weighted by atomic mass is 10.3. The molecule has 0 aliphatic heterocycles. The molecule has 0 saturated heterocycles. The van der Waals surface area contributed by atoms with E-state index in [1.165, 1.54) is 6.07 Å². The van der Waals surface area contributed by atoms with Crippen molar-refractivity contribution >= 4 is 44.8 Å². The molecule has 0 spiro atoms. The van der Waals surface area contributed by atoms with Crippen LogP contribution in [0.4, 0.5) is 5.69 Å². The number of nitrogens with zero attached hydrogens (tertiary/aromatic N) is 2. The van der Waals surface area contributed by atoms with E-state index in [-0.39, 0.29) is 32.5 Å². The number of non-ortho nitro benzene ring substituents is 1. The van der Waals surface area contributed by atoms with E-state index in [1.807, 2.05) is 0 Å². The Bertz CT molecular complexity index is 684. The van der Waals surface area contributed by atoms with E-state index in [9.17, 15) is 20.1 Å². The van der Waals surface area contributed by atoms with Crippen molar-refractivity contribution in [1.29, 1.82) is 0 Å². The monoisotopic (exact) mass is 302 g/mol. The number of halogens is 1. The van der Waals surface area contributed by atoms with Gasteiger partial charge in [0.2, 0.25) is 5.52 Å². The van der Waals surface area contributed by atoms with Crippen molar-refractivity contribution in [3.05, 3.63) is 37.5 Å². The highest BCUT2D eigenvalue weighted by Gasteiger charge is 2.29. The highest BCUT2D eigenvalue weighted by atomic mass is 35.5. The molecule has 1 heterocycles. The topological polar surface area (TPSA) is 96.4 Å². The van der Waals surface area contributed by atoms with Crippen LogP contribution in [0.3, 0.4) is 0 Å². The largest absolute Gasteiger partial charge is 0.617 e. The molecule has 2 aromatic rings. The van der Waals surface area contributed by atoms with Gasteiger partial charge in [-0.15, -0.1) is 4.73 Å². The number of fused-ring (bicyclic) bond motifs is 1. The lowest BCUT2D eigenvalue weighted by Gasteiger charge is -1.98. The molecule has 100 valence electrons. The number of hydrogen-bond acceptors (Lipinski definition) is 6. The van der Waals surface area contributed by atoms with Crippen LogP contribution in [0.25, 0.3) is 10.2 Å². The van der Waals surface area contributed by atoms with Crippen LogP contribution >= 0.6 is 22.9 Å². The first-order valence-electron chi connectivity index (χ1n) is 5.12. The van der Waals surface area contributed by atoms with E-state index in [0.717, 1.165) is 6.07 Å². The molecule has 0 N–H and O–H groups in total. The van der Waals surface area contributed by atoms with Crippen LogP contribution in [0.15, 0.2) is 12.1 Å². The van der Waals surface area contributed by atoms with Crippen LogP contribution in [-0.2, 0) is 4.74 Å². The van der Waals surface area contributed by atoms with Crippen LogP contribution in [0.2, 0.25) is 5.02 Å². The number of carbonyl (C=O) groups is 1. The summed E-state index contributed by atoms with van der Waals surface area (Å²) in [4.78, 5) is 21.8. The maximum atomic E-state index is 11.9. The Balaban J connectivity index is 2.72. The highest BCUT2D eigenvalue weighted by molar-refractivity contribution is 7.20.